The number of aryl methyl sites for hydroxylation is 2. The molecule has 1 amide bonds. The molecule has 3 aromatic rings. The topological polar surface area (TPSA) is 56.1 Å². The maximum absolute atomic E-state index is 13.0. The standard InChI is InChI=1S/C17H16FN3O2/c1-11-19-15-9-13(6-7-16(15)21(11)2)20-17(22)10-23-14-5-3-4-12(18)8-14/h3-9H,10H2,1-2H3,(H,20,22). The normalized spacial score (nSPS) is 10.7. The van der Waals surface area contributed by atoms with Crippen LogP contribution >= 0.6 is 0 Å². The zero-order valence-corrected chi connectivity index (χ0v) is 12.8. The third-order valence-electron chi connectivity index (χ3n) is 3.55. The van der Waals surface area contributed by atoms with Crippen LogP contribution in [0.15, 0.2) is 42.5 Å². The minimum absolute atomic E-state index is 0.192. The summed E-state index contributed by atoms with van der Waals surface area (Å²) in [5.41, 5.74) is 2.45. The SMILES string of the molecule is Cc1nc2cc(NC(=O)COc3cccc(F)c3)ccc2n1C. The molecule has 2 aromatic carbocycles. The number of nitrogens with one attached hydrogen (secondary N) is 1. The van der Waals surface area contributed by atoms with Crippen LogP contribution in [0.1, 0.15) is 5.82 Å². The Hall–Kier alpha value is -2.89. The summed E-state index contributed by atoms with van der Waals surface area (Å²) < 4.78 is 20.3. The lowest BCUT2D eigenvalue weighted by Crippen LogP contribution is -2.20. The molecule has 118 valence electrons. The van der Waals surface area contributed by atoms with E-state index in [2.05, 4.69) is 10.3 Å². The highest BCUT2D eigenvalue weighted by atomic mass is 19.1. The molecule has 0 aliphatic carbocycles. The van der Waals surface area contributed by atoms with Crippen molar-refractivity contribution >= 4 is 22.6 Å². The summed E-state index contributed by atoms with van der Waals surface area (Å²) in [6.45, 7) is 1.73. The second-order valence-electron chi connectivity index (χ2n) is 5.22. The minimum Gasteiger partial charge on any atom is -0.484 e. The summed E-state index contributed by atoms with van der Waals surface area (Å²) in [7, 11) is 1.94. The van der Waals surface area contributed by atoms with Gasteiger partial charge in [-0.15, -0.1) is 0 Å². The number of rotatable bonds is 4. The second kappa shape index (κ2) is 6.08. The van der Waals surface area contributed by atoms with Crippen molar-refractivity contribution in [1.29, 1.82) is 0 Å². The first-order valence-corrected chi connectivity index (χ1v) is 7.14. The molecule has 0 saturated carbocycles. The summed E-state index contributed by atoms with van der Waals surface area (Å²) >= 11 is 0. The largest absolute Gasteiger partial charge is 0.484 e. The molecule has 0 atom stereocenters. The van der Waals surface area contributed by atoms with Gasteiger partial charge in [-0.2, -0.15) is 0 Å². The van der Waals surface area contributed by atoms with E-state index in [0.717, 1.165) is 16.9 Å². The van der Waals surface area contributed by atoms with Gasteiger partial charge in [0.05, 0.1) is 11.0 Å². The number of ether oxygens (including phenoxy) is 1. The van der Waals surface area contributed by atoms with Gasteiger partial charge in [0.1, 0.15) is 17.4 Å². The summed E-state index contributed by atoms with van der Waals surface area (Å²) in [6, 6.07) is 11.2. The fourth-order valence-electron chi connectivity index (χ4n) is 2.30. The van der Waals surface area contributed by atoms with Gasteiger partial charge >= 0.3 is 0 Å². The number of hydrogen-bond acceptors (Lipinski definition) is 3. The van der Waals surface area contributed by atoms with E-state index in [1.54, 1.807) is 6.07 Å². The number of carbonyl (C=O) groups excluding carboxylic acids is 1. The van der Waals surface area contributed by atoms with Crippen molar-refractivity contribution in [2.24, 2.45) is 7.05 Å². The highest BCUT2D eigenvalue weighted by molar-refractivity contribution is 5.94. The van der Waals surface area contributed by atoms with Crippen molar-refractivity contribution in [1.82, 2.24) is 9.55 Å². The molecular weight excluding hydrogens is 297 g/mol. The van der Waals surface area contributed by atoms with Crippen LogP contribution in [-0.2, 0) is 11.8 Å². The molecule has 0 spiro atoms. The maximum Gasteiger partial charge on any atom is 0.262 e. The Morgan fingerprint density at radius 2 is 2.13 bits per heavy atom. The van der Waals surface area contributed by atoms with E-state index in [-0.39, 0.29) is 12.5 Å². The molecule has 0 aliphatic rings. The van der Waals surface area contributed by atoms with Crippen LogP contribution in [0.4, 0.5) is 10.1 Å². The summed E-state index contributed by atoms with van der Waals surface area (Å²) in [5.74, 6) is 0.494. The number of fused-ring (bicyclic) bond motifs is 1. The van der Waals surface area contributed by atoms with Gasteiger partial charge in [-0.05, 0) is 37.3 Å². The van der Waals surface area contributed by atoms with E-state index >= 15 is 0 Å². The number of amides is 1. The van der Waals surface area contributed by atoms with Crippen LogP contribution in [0.25, 0.3) is 11.0 Å². The molecular formula is C17H16FN3O2. The molecule has 1 heterocycles. The third-order valence-corrected chi connectivity index (χ3v) is 3.55. The number of hydrogen-bond donors (Lipinski definition) is 1. The van der Waals surface area contributed by atoms with Crippen molar-refractivity contribution in [3.63, 3.8) is 0 Å². The average Bonchev–Trinajstić information content (AvgIpc) is 2.80. The van der Waals surface area contributed by atoms with Crippen LogP contribution in [-0.4, -0.2) is 22.1 Å². The molecule has 1 N–H and O–H groups in total. The number of benzene rings is 2. The van der Waals surface area contributed by atoms with Crippen LogP contribution in [0.5, 0.6) is 5.75 Å². The first-order chi connectivity index (χ1) is 11.0. The van der Waals surface area contributed by atoms with Crippen molar-refractivity contribution in [3.05, 3.63) is 54.1 Å². The zero-order valence-electron chi connectivity index (χ0n) is 12.8. The second-order valence-corrected chi connectivity index (χ2v) is 5.22. The molecule has 3 rings (SSSR count). The van der Waals surface area contributed by atoms with Crippen molar-refractivity contribution in [2.75, 3.05) is 11.9 Å². The number of imidazole rings is 1. The molecule has 0 fully saturated rings. The van der Waals surface area contributed by atoms with Crippen LogP contribution in [0.3, 0.4) is 0 Å². The van der Waals surface area contributed by atoms with E-state index in [4.69, 9.17) is 4.74 Å². The van der Waals surface area contributed by atoms with Gasteiger partial charge in [0, 0.05) is 18.8 Å². The molecule has 0 radical (unpaired) electrons. The number of carbonyl (C=O) groups is 1. The minimum atomic E-state index is -0.404. The first-order valence-electron chi connectivity index (χ1n) is 7.14. The van der Waals surface area contributed by atoms with Gasteiger partial charge in [0.25, 0.3) is 5.91 Å². The monoisotopic (exact) mass is 313 g/mol. The van der Waals surface area contributed by atoms with Crippen molar-refractivity contribution < 1.29 is 13.9 Å². The number of halogens is 1. The Morgan fingerprint density at radius 1 is 1.30 bits per heavy atom. The molecule has 0 aliphatic heterocycles. The molecule has 5 nitrogen and oxygen atoms in total. The molecule has 1 aromatic heterocycles. The van der Waals surface area contributed by atoms with E-state index < -0.39 is 5.82 Å². The molecule has 0 bridgehead atoms. The molecule has 0 unspecified atom stereocenters. The highest BCUT2D eigenvalue weighted by Crippen LogP contribution is 2.19. The van der Waals surface area contributed by atoms with E-state index in [9.17, 15) is 9.18 Å². The molecule has 23 heavy (non-hydrogen) atoms. The van der Waals surface area contributed by atoms with E-state index in [1.165, 1.54) is 18.2 Å². The summed E-state index contributed by atoms with van der Waals surface area (Å²) in [4.78, 5) is 16.3. The first kappa shape index (κ1) is 15.0. The number of nitrogens with zero attached hydrogens (tertiary/aromatic N) is 2. The Bertz CT molecular complexity index is 873. The lowest BCUT2D eigenvalue weighted by Gasteiger charge is -2.07. The van der Waals surface area contributed by atoms with Gasteiger partial charge in [0.2, 0.25) is 0 Å². The fraction of sp³-hybridized carbons (Fsp3) is 0.176. The van der Waals surface area contributed by atoms with Gasteiger partial charge in [-0.3, -0.25) is 4.79 Å². The van der Waals surface area contributed by atoms with E-state index in [0.29, 0.717) is 11.4 Å². The number of aromatic nitrogens is 2. The zero-order chi connectivity index (χ0) is 16.4. The van der Waals surface area contributed by atoms with Crippen LogP contribution < -0.4 is 10.1 Å². The summed E-state index contributed by atoms with van der Waals surface area (Å²) in [6.07, 6.45) is 0. The predicted molar refractivity (Wildman–Crippen MR) is 86.0 cm³/mol. The van der Waals surface area contributed by atoms with Gasteiger partial charge < -0.3 is 14.6 Å². The molecule has 0 saturated heterocycles. The highest BCUT2D eigenvalue weighted by Gasteiger charge is 2.08. The van der Waals surface area contributed by atoms with Gasteiger partial charge in [-0.25, -0.2) is 9.37 Å². The number of anilines is 1. The smallest absolute Gasteiger partial charge is 0.262 e. The average molecular weight is 313 g/mol. The summed E-state index contributed by atoms with van der Waals surface area (Å²) in [5, 5.41) is 2.74. The Labute approximate surface area is 132 Å². The van der Waals surface area contributed by atoms with Crippen LogP contribution in [0, 0.1) is 12.7 Å². The Morgan fingerprint density at radius 3 is 2.91 bits per heavy atom. The predicted octanol–water partition coefficient (Wildman–Crippen LogP) is 3.04. The van der Waals surface area contributed by atoms with E-state index in [1.807, 2.05) is 36.7 Å². The van der Waals surface area contributed by atoms with Crippen LogP contribution in [0.2, 0.25) is 0 Å². The quantitative estimate of drug-likeness (QED) is 0.805. The van der Waals surface area contributed by atoms with Crippen molar-refractivity contribution in [3.8, 4) is 5.75 Å². The Balaban J connectivity index is 1.65. The maximum atomic E-state index is 13.0. The molecule has 6 heteroatoms. The third kappa shape index (κ3) is 3.31. The lowest BCUT2D eigenvalue weighted by atomic mass is 10.2. The Kier molecular flexibility index (Phi) is 3.97. The fourth-order valence-corrected chi connectivity index (χ4v) is 2.30. The lowest BCUT2D eigenvalue weighted by molar-refractivity contribution is -0.118. The van der Waals surface area contributed by atoms with Gasteiger partial charge in [0.15, 0.2) is 6.61 Å². The van der Waals surface area contributed by atoms with Crippen molar-refractivity contribution in [2.45, 2.75) is 6.92 Å². The van der Waals surface area contributed by atoms with Gasteiger partial charge in [-0.1, -0.05) is 6.07 Å².